The maximum absolute atomic E-state index is 11.9. The van der Waals surface area contributed by atoms with Crippen molar-refractivity contribution in [2.45, 2.75) is 24.8 Å². The predicted octanol–water partition coefficient (Wildman–Crippen LogP) is 2.57. The zero-order valence-corrected chi connectivity index (χ0v) is 4.35. The van der Waals surface area contributed by atoms with Gasteiger partial charge in [0.15, 0.2) is 0 Å². The highest BCUT2D eigenvalue weighted by Gasteiger charge is 2.36. The van der Waals surface area contributed by atoms with Crippen molar-refractivity contribution in [1.29, 1.82) is 0 Å². The molecule has 0 saturated heterocycles. The van der Waals surface area contributed by atoms with Gasteiger partial charge in [0, 0.05) is 6.85 Å². The molecule has 0 aromatic heterocycles. The second kappa shape index (κ2) is 2.58. The van der Waals surface area contributed by atoms with Crippen LogP contribution in [0.15, 0.2) is 0 Å². The lowest BCUT2D eigenvalue weighted by molar-refractivity contribution is -0.130. The van der Waals surface area contributed by atoms with E-state index in [0.717, 1.165) is 0 Å². The maximum Gasteiger partial charge on any atom is 0.404 e. The molecule has 1 unspecified atom stereocenters. The molecule has 0 nitrogen and oxygen atoms in total. The summed E-state index contributed by atoms with van der Waals surface area (Å²) in [5.74, 6) is 0. The van der Waals surface area contributed by atoms with Gasteiger partial charge >= 0.3 is 6.18 Å². The van der Waals surface area contributed by atoms with E-state index in [4.69, 9.17) is 6.85 Å². The van der Waals surface area contributed by atoms with Crippen LogP contribution < -0.4 is 0 Å². The summed E-state index contributed by atoms with van der Waals surface area (Å²) >= 11 is 4.67. The molecule has 0 N–H and O–H groups in total. The molecular formula is C4H6ClF3. The van der Waals surface area contributed by atoms with Crippen LogP contribution in [0.2, 0.25) is 0 Å². The third-order valence-corrected chi connectivity index (χ3v) is 0.771. The average Bonchev–Trinajstić information content (AvgIpc) is 1.81. The number of hydrogen-bond donors (Lipinski definition) is 0. The van der Waals surface area contributed by atoms with Crippen LogP contribution in [0.1, 0.15) is 20.1 Å². The first-order valence-electron chi connectivity index (χ1n) is 4.11. The Morgan fingerprint density at radius 1 is 1.88 bits per heavy atom. The van der Waals surface area contributed by atoms with Crippen molar-refractivity contribution < 1.29 is 20.0 Å². The fraction of sp³-hybridized carbons (Fsp3) is 1.00. The van der Waals surface area contributed by atoms with Gasteiger partial charge in [-0.25, -0.2) is 0 Å². The molecule has 0 bridgehead atoms. The fourth-order valence-electron chi connectivity index (χ4n) is 0.0818. The monoisotopic (exact) mass is 151 g/mol. The Morgan fingerprint density at radius 3 is 2.50 bits per heavy atom. The summed E-state index contributed by atoms with van der Waals surface area (Å²) < 4.78 is 68.5. The van der Waals surface area contributed by atoms with Crippen LogP contribution in [0, 0.1) is 0 Å². The zero-order valence-electron chi connectivity index (χ0n) is 8.59. The van der Waals surface area contributed by atoms with Gasteiger partial charge in [-0.15, -0.1) is 11.6 Å². The van der Waals surface area contributed by atoms with Gasteiger partial charge in [-0.1, -0.05) is 6.85 Å². The van der Waals surface area contributed by atoms with Gasteiger partial charge in [0.05, 0.1) is 0 Å². The molecule has 0 aliphatic heterocycles. The van der Waals surface area contributed by atoms with Gasteiger partial charge in [0.25, 0.3) is 0 Å². The molecule has 0 saturated carbocycles. The first-order chi connectivity index (χ1) is 5.40. The minimum atomic E-state index is -5.07. The smallest absolute Gasteiger partial charge is 0.169 e. The summed E-state index contributed by atoms with van der Waals surface area (Å²) in [5, 5.41) is -3.03. The van der Waals surface area contributed by atoms with Crippen molar-refractivity contribution in [3.63, 3.8) is 0 Å². The lowest BCUT2D eigenvalue weighted by Crippen LogP contribution is -2.21. The van der Waals surface area contributed by atoms with Gasteiger partial charge in [-0.05, 0) is 6.37 Å². The van der Waals surface area contributed by atoms with Crippen LogP contribution in [-0.2, 0) is 0 Å². The van der Waals surface area contributed by atoms with Crippen molar-refractivity contribution in [1.82, 2.24) is 0 Å². The van der Waals surface area contributed by atoms with Crippen LogP contribution >= 0.6 is 11.6 Å². The number of alkyl halides is 4. The van der Waals surface area contributed by atoms with Gasteiger partial charge in [-0.2, -0.15) is 13.2 Å². The summed E-state index contributed by atoms with van der Waals surface area (Å²) in [6.07, 6.45) is -8.55. The zero-order chi connectivity index (χ0) is 11.1. The van der Waals surface area contributed by atoms with Gasteiger partial charge < -0.3 is 0 Å². The highest BCUT2D eigenvalue weighted by Crippen LogP contribution is 2.26. The largest absolute Gasteiger partial charge is 0.404 e. The van der Waals surface area contributed by atoms with E-state index in [0.29, 0.717) is 0 Å². The standard InChI is InChI=1S/C4H6ClF3/c1-2-3(5)4(6,7)8/h3H,2H2,1H3/i1D3,2D2. The van der Waals surface area contributed by atoms with Crippen LogP contribution in [-0.4, -0.2) is 11.6 Å². The molecule has 0 heterocycles. The minimum absolute atomic E-state index is 3.03. The van der Waals surface area contributed by atoms with Crippen molar-refractivity contribution in [2.75, 3.05) is 0 Å². The highest BCUT2D eigenvalue weighted by atomic mass is 35.5. The van der Waals surface area contributed by atoms with Gasteiger partial charge in [-0.3, -0.25) is 0 Å². The molecule has 0 spiro atoms. The normalized spacial score (nSPS) is 28.8. The van der Waals surface area contributed by atoms with E-state index >= 15 is 0 Å². The molecule has 8 heavy (non-hydrogen) atoms. The third kappa shape index (κ3) is 2.40. The summed E-state index contributed by atoms with van der Waals surface area (Å²) in [6, 6.07) is 0. The topological polar surface area (TPSA) is 0 Å². The number of rotatable bonds is 1. The third-order valence-electron chi connectivity index (χ3n) is 0.414. The summed E-state index contributed by atoms with van der Waals surface area (Å²) in [4.78, 5) is 0. The van der Waals surface area contributed by atoms with E-state index in [1.807, 2.05) is 0 Å². The van der Waals surface area contributed by atoms with Gasteiger partial charge in [0.2, 0.25) is 0 Å². The molecule has 0 amide bonds. The number of hydrogen-bond acceptors (Lipinski definition) is 0. The van der Waals surface area contributed by atoms with Crippen molar-refractivity contribution >= 4 is 11.6 Å². The fourth-order valence-corrected chi connectivity index (χ4v) is 0.0818. The van der Waals surface area contributed by atoms with E-state index < -0.39 is 24.8 Å². The quantitative estimate of drug-likeness (QED) is 0.506. The summed E-state index contributed by atoms with van der Waals surface area (Å²) in [7, 11) is 0. The van der Waals surface area contributed by atoms with E-state index in [9.17, 15) is 13.2 Å². The molecule has 1 atom stereocenters. The first-order valence-corrected chi connectivity index (χ1v) is 2.05. The Bertz CT molecular complexity index is 185. The van der Waals surface area contributed by atoms with Crippen LogP contribution in [0.25, 0.3) is 0 Å². The van der Waals surface area contributed by atoms with Crippen LogP contribution in [0.3, 0.4) is 0 Å². The Hall–Kier alpha value is 0.0800. The predicted molar refractivity (Wildman–Crippen MR) is 26.0 cm³/mol. The Kier molecular flexibility index (Phi) is 0.894. The molecule has 0 aliphatic carbocycles. The average molecular weight is 152 g/mol. The molecule has 0 aromatic rings. The van der Waals surface area contributed by atoms with Crippen LogP contribution in [0.5, 0.6) is 0 Å². The first kappa shape index (κ1) is 2.78. The van der Waals surface area contributed by atoms with Crippen LogP contribution in [0.4, 0.5) is 13.2 Å². The molecular weight excluding hydrogens is 140 g/mol. The van der Waals surface area contributed by atoms with Crippen molar-refractivity contribution in [3.8, 4) is 0 Å². The van der Waals surface area contributed by atoms with E-state index in [1.165, 1.54) is 0 Å². The summed E-state index contributed by atoms with van der Waals surface area (Å²) in [6.45, 7) is -3.39. The lowest BCUT2D eigenvalue weighted by Gasteiger charge is -2.09. The Balaban J connectivity index is 4.86. The highest BCUT2D eigenvalue weighted by molar-refractivity contribution is 6.21. The van der Waals surface area contributed by atoms with Crippen molar-refractivity contribution in [3.05, 3.63) is 0 Å². The minimum Gasteiger partial charge on any atom is -0.169 e. The Morgan fingerprint density at radius 2 is 2.38 bits per heavy atom. The second-order valence-corrected chi connectivity index (χ2v) is 1.48. The molecule has 0 radical (unpaired) electrons. The molecule has 50 valence electrons. The summed E-state index contributed by atoms with van der Waals surface area (Å²) in [5.41, 5.74) is 0. The maximum atomic E-state index is 11.9. The van der Waals surface area contributed by atoms with Crippen molar-refractivity contribution in [2.24, 2.45) is 0 Å². The molecule has 0 aliphatic rings. The van der Waals surface area contributed by atoms with Gasteiger partial charge in [0.1, 0.15) is 5.38 Å². The van der Waals surface area contributed by atoms with E-state index in [1.54, 1.807) is 0 Å². The lowest BCUT2D eigenvalue weighted by atomic mass is 10.3. The Labute approximate surface area is 57.7 Å². The number of halogens is 4. The molecule has 0 aromatic carbocycles. The molecule has 0 fully saturated rings. The second-order valence-electron chi connectivity index (χ2n) is 1.05. The van der Waals surface area contributed by atoms with E-state index in [2.05, 4.69) is 11.6 Å². The SMILES string of the molecule is [2H]C([2H])([2H])C([2H])([2H])C(Cl)C(F)(F)F. The van der Waals surface area contributed by atoms with E-state index in [-0.39, 0.29) is 0 Å². The molecule has 4 heteroatoms. The molecule has 0 rings (SSSR count).